The van der Waals surface area contributed by atoms with Gasteiger partial charge < -0.3 is 20.3 Å². The zero-order valence-electron chi connectivity index (χ0n) is 21.0. The minimum atomic E-state index is -0.419. The van der Waals surface area contributed by atoms with Crippen molar-refractivity contribution in [3.8, 4) is 5.75 Å². The lowest BCUT2D eigenvalue weighted by atomic mass is 9.81. The summed E-state index contributed by atoms with van der Waals surface area (Å²) in [5.41, 5.74) is 0.535. The van der Waals surface area contributed by atoms with Crippen molar-refractivity contribution in [3.05, 3.63) is 24.3 Å². The molecule has 2 fully saturated rings. The normalized spacial score (nSPS) is 20.0. The van der Waals surface area contributed by atoms with Crippen LogP contribution in [0, 0.1) is 11.8 Å². The Labute approximate surface area is 207 Å². The second-order valence-electron chi connectivity index (χ2n) is 9.76. The first-order chi connectivity index (χ1) is 16.8. The molecule has 2 aliphatic rings. The number of nitrogens with one attached hydrogen (secondary N) is 2. The second-order valence-corrected chi connectivity index (χ2v) is 9.76. The molecule has 0 aromatic heterocycles. The summed E-state index contributed by atoms with van der Waals surface area (Å²) >= 11 is 0. The summed E-state index contributed by atoms with van der Waals surface area (Å²) in [6.07, 6.45) is 4.79. The molecule has 1 aliphatic heterocycles. The van der Waals surface area contributed by atoms with Crippen LogP contribution >= 0.6 is 0 Å². The zero-order chi connectivity index (χ0) is 25.4. The van der Waals surface area contributed by atoms with Gasteiger partial charge in [0.1, 0.15) is 12.3 Å². The fourth-order valence-corrected chi connectivity index (χ4v) is 4.81. The Hall–Kier alpha value is -3.10. The molecule has 2 atom stereocenters. The molecule has 1 aromatic rings. The molecule has 192 valence electrons. The molecule has 0 bridgehead atoms. The summed E-state index contributed by atoms with van der Waals surface area (Å²) in [4.78, 5) is 54.2. The van der Waals surface area contributed by atoms with Gasteiger partial charge in [0.25, 0.3) is 0 Å². The average molecular weight is 487 g/mol. The first kappa shape index (κ1) is 26.5. The van der Waals surface area contributed by atoms with Crippen molar-refractivity contribution in [2.75, 3.05) is 32.1 Å². The summed E-state index contributed by atoms with van der Waals surface area (Å²) in [5, 5.41) is 5.71. The number of methoxy groups -OCH3 is 1. The van der Waals surface area contributed by atoms with E-state index in [1.807, 2.05) is 19.9 Å². The number of para-hydroxylation sites is 2. The van der Waals surface area contributed by atoms with Crippen LogP contribution in [0.25, 0.3) is 0 Å². The quantitative estimate of drug-likeness (QED) is 0.466. The van der Waals surface area contributed by atoms with Crippen LogP contribution < -0.4 is 15.4 Å². The fourth-order valence-electron chi connectivity index (χ4n) is 4.81. The SMILES string of the molecule is COc1ccccc1NC(=O)CN1C(=O)N(CCCCC(=O)NCC(C)C)C(=O)C2CCCCC21. The minimum absolute atomic E-state index is 0.0167. The van der Waals surface area contributed by atoms with Gasteiger partial charge in [0, 0.05) is 25.6 Å². The van der Waals surface area contributed by atoms with Crippen molar-refractivity contribution in [2.45, 2.75) is 64.8 Å². The zero-order valence-corrected chi connectivity index (χ0v) is 21.0. The molecule has 3 rings (SSSR count). The number of ether oxygens (including phenoxy) is 1. The molecular formula is C26H38N4O5. The van der Waals surface area contributed by atoms with Crippen LogP contribution in [-0.4, -0.2) is 66.3 Å². The molecule has 1 saturated heterocycles. The van der Waals surface area contributed by atoms with E-state index < -0.39 is 6.03 Å². The highest BCUT2D eigenvalue weighted by Crippen LogP contribution is 2.34. The number of benzene rings is 1. The maximum atomic E-state index is 13.4. The Kier molecular flexibility index (Phi) is 9.51. The molecule has 0 spiro atoms. The highest BCUT2D eigenvalue weighted by Gasteiger charge is 2.47. The maximum absolute atomic E-state index is 13.4. The predicted octanol–water partition coefficient (Wildman–Crippen LogP) is 3.40. The number of amides is 5. The van der Waals surface area contributed by atoms with Crippen LogP contribution in [0.2, 0.25) is 0 Å². The number of rotatable bonds is 11. The lowest BCUT2D eigenvalue weighted by molar-refractivity contribution is -0.141. The number of unbranched alkanes of at least 4 members (excludes halogenated alkanes) is 1. The molecule has 9 heteroatoms. The minimum Gasteiger partial charge on any atom is -0.495 e. The third kappa shape index (κ3) is 6.96. The van der Waals surface area contributed by atoms with Gasteiger partial charge in [-0.3, -0.25) is 19.3 Å². The van der Waals surface area contributed by atoms with Gasteiger partial charge in [-0.05, 0) is 43.7 Å². The van der Waals surface area contributed by atoms with Crippen LogP contribution in [0.1, 0.15) is 58.8 Å². The summed E-state index contributed by atoms with van der Waals surface area (Å²) in [6.45, 7) is 4.84. The Balaban J connectivity index is 1.62. The number of hydrogen-bond acceptors (Lipinski definition) is 5. The molecule has 5 amide bonds. The molecule has 2 unspecified atom stereocenters. The van der Waals surface area contributed by atoms with Gasteiger partial charge in [0.15, 0.2) is 0 Å². The van der Waals surface area contributed by atoms with Crippen molar-refractivity contribution in [3.63, 3.8) is 0 Å². The summed E-state index contributed by atoms with van der Waals surface area (Å²) in [7, 11) is 1.53. The van der Waals surface area contributed by atoms with E-state index in [1.165, 1.54) is 12.0 Å². The topological polar surface area (TPSA) is 108 Å². The fraction of sp³-hybridized carbons (Fsp3) is 0.615. The van der Waals surface area contributed by atoms with Gasteiger partial charge in [-0.2, -0.15) is 0 Å². The lowest BCUT2D eigenvalue weighted by Gasteiger charge is -2.46. The van der Waals surface area contributed by atoms with Crippen molar-refractivity contribution < 1.29 is 23.9 Å². The number of carbonyl (C=O) groups is 4. The Bertz CT molecular complexity index is 919. The Morgan fingerprint density at radius 2 is 1.83 bits per heavy atom. The summed E-state index contributed by atoms with van der Waals surface area (Å²) < 4.78 is 5.30. The van der Waals surface area contributed by atoms with Gasteiger partial charge in [0.05, 0.1) is 18.7 Å². The molecule has 2 N–H and O–H groups in total. The van der Waals surface area contributed by atoms with E-state index in [9.17, 15) is 19.2 Å². The molecule has 0 radical (unpaired) electrons. The van der Waals surface area contributed by atoms with E-state index in [0.717, 1.165) is 19.3 Å². The van der Waals surface area contributed by atoms with Gasteiger partial charge in [-0.1, -0.05) is 38.8 Å². The molecule has 9 nitrogen and oxygen atoms in total. The van der Waals surface area contributed by atoms with E-state index in [1.54, 1.807) is 23.1 Å². The van der Waals surface area contributed by atoms with E-state index in [4.69, 9.17) is 4.74 Å². The van der Waals surface area contributed by atoms with Gasteiger partial charge in [0.2, 0.25) is 17.7 Å². The average Bonchev–Trinajstić information content (AvgIpc) is 2.85. The Morgan fingerprint density at radius 3 is 2.57 bits per heavy atom. The van der Waals surface area contributed by atoms with Crippen molar-refractivity contribution in [1.29, 1.82) is 0 Å². The molecular weight excluding hydrogens is 448 g/mol. The summed E-state index contributed by atoms with van der Waals surface area (Å²) in [6, 6.07) is 6.42. The van der Waals surface area contributed by atoms with Gasteiger partial charge in [-0.25, -0.2) is 4.79 Å². The Morgan fingerprint density at radius 1 is 1.09 bits per heavy atom. The number of imide groups is 1. The maximum Gasteiger partial charge on any atom is 0.327 e. The smallest absolute Gasteiger partial charge is 0.327 e. The number of anilines is 1. The van der Waals surface area contributed by atoms with Crippen LogP contribution in [0.15, 0.2) is 24.3 Å². The number of nitrogens with zero attached hydrogens (tertiary/aromatic N) is 2. The molecule has 1 aromatic carbocycles. The second kappa shape index (κ2) is 12.6. The van der Waals surface area contributed by atoms with E-state index in [-0.39, 0.29) is 42.8 Å². The van der Waals surface area contributed by atoms with Crippen molar-refractivity contribution in [1.82, 2.24) is 15.1 Å². The van der Waals surface area contributed by atoms with Crippen molar-refractivity contribution >= 4 is 29.4 Å². The third-order valence-corrected chi connectivity index (χ3v) is 6.63. The summed E-state index contributed by atoms with van der Waals surface area (Å²) in [5.74, 6) is 0.146. The first-order valence-corrected chi connectivity index (χ1v) is 12.6. The number of hydrogen-bond donors (Lipinski definition) is 2. The third-order valence-electron chi connectivity index (χ3n) is 6.63. The first-order valence-electron chi connectivity index (χ1n) is 12.6. The van der Waals surface area contributed by atoms with Crippen LogP contribution in [0.4, 0.5) is 10.5 Å². The van der Waals surface area contributed by atoms with E-state index >= 15 is 0 Å². The monoisotopic (exact) mass is 486 g/mol. The van der Waals surface area contributed by atoms with Gasteiger partial charge >= 0.3 is 6.03 Å². The number of fused-ring (bicyclic) bond motifs is 1. The van der Waals surface area contributed by atoms with E-state index in [0.29, 0.717) is 49.6 Å². The number of urea groups is 1. The molecule has 1 aliphatic carbocycles. The number of carbonyl (C=O) groups excluding carboxylic acids is 4. The van der Waals surface area contributed by atoms with Crippen LogP contribution in [0.3, 0.4) is 0 Å². The van der Waals surface area contributed by atoms with Crippen molar-refractivity contribution in [2.24, 2.45) is 11.8 Å². The lowest BCUT2D eigenvalue weighted by Crippen LogP contribution is -2.63. The molecule has 35 heavy (non-hydrogen) atoms. The standard InChI is InChI=1S/C26H38N4O5/c1-18(2)16-27-23(31)14-8-9-15-29-25(33)19-10-4-6-12-21(19)30(26(29)34)17-24(32)28-20-11-5-7-13-22(20)35-3/h5,7,11,13,18-19,21H,4,6,8-10,12,14-17H2,1-3H3,(H,27,31)(H,28,32). The van der Waals surface area contributed by atoms with Crippen LogP contribution in [0.5, 0.6) is 5.75 Å². The highest BCUT2D eigenvalue weighted by molar-refractivity contribution is 6.01. The predicted molar refractivity (Wildman–Crippen MR) is 133 cm³/mol. The van der Waals surface area contributed by atoms with Gasteiger partial charge in [-0.15, -0.1) is 0 Å². The molecule has 1 saturated carbocycles. The molecule has 1 heterocycles. The highest BCUT2D eigenvalue weighted by atomic mass is 16.5. The largest absolute Gasteiger partial charge is 0.495 e. The van der Waals surface area contributed by atoms with E-state index in [2.05, 4.69) is 10.6 Å². The van der Waals surface area contributed by atoms with Crippen LogP contribution in [-0.2, 0) is 14.4 Å².